The summed E-state index contributed by atoms with van der Waals surface area (Å²) < 4.78 is 0. The van der Waals surface area contributed by atoms with Gasteiger partial charge in [-0.3, -0.25) is 9.80 Å². The van der Waals surface area contributed by atoms with E-state index in [1.165, 1.54) is 0 Å². The van der Waals surface area contributed by atoms with Gasteiger partial charge in [-0.2, -0.15) is 0 Å². The summed E-state index contributed by atoms with van der Waals surface area (Å²) in [4.78, 5) is 4.21. The first-order valence-corrected chi connectivity index (χ1v) is 6.88. The second-order valence-electron chi connectivity index (χ2n) is 7.55. The van der Waals surface area contributed by atoms with Crippen molar-refractivity contribution in [1.82, 2.24) is 9.80 Å². The summed E-state index contributed by atoms with van der Waals surface area (Å²) in [6.45, 7) is 15.5. The van der Waals surface area contributed by atoms with Crippen molar-refractivity contribution in [3.8, 4) is 0 Å². The molecule has 1 heterocycles. The first kappa shape index (κ1) is 15.9. The van der Waals surface area contributed by atoms with Gasteiger partial charge in [-0.15, -0.1) is 0 Å². The lowest BCUT2D eigenvalue weighted by Gasteiger charge is -2.45. The zero-order chi connectivity index (χ0) is 14.1. The minimum absolute atomic E-state index is 0.120. The zero-order valence-corrected chi connectivity index (χ0v) is 12.8. The van der Waals surface area contributed by atoms with Crippen LogP contribution in [0, 0.1) is 10.8 Å². The predicted octanol–water partition coefficient (Wildman–Crippen LogP) is 1.33. The molecule has 1 saturated heterocycles. The maximum absolute atomic E-state index is 10.2. The van der Waals surface area contributed by atoms with Crippen LogP contribution < -0.4 is 0 Å². The van der Waals surface area contributed by atoms with Crippen LogP contribution in [0.25, 0.3) is 0 Å². The Morgan fingerprint density at radius 2 is 0.889 bits per heavy atom. The molecular weight excluding hydrogens is 228 g/mol. The van der Waals surface area contributed by atoms with Crippen molar-refractivity contribution < 1.29 is 10.2 Å². The van der Waals surface area contributed by atoms with Gasteiger partial charge in [0.15, 0.2) is 0 Å². The molecular formula is C14H30N2O2. The number of nitrogens with zero attached hydrogens (tertiary/aromatic N) is 2. The van der Waals surface area contributed by atoms with Crippen LogP contribution in [0.2, 0.25) is 0 Å². The molecule has 1 fully saturated rings. The monoisotopic (exact) mass is 258 g/mol. The molecule has 1 aliphatic heterocycles. The van der Waals surface area contributed by atoms with E-state index in [0.29, 0.717) is 0 Å². The molecule has 0 amide bonds. The third kappa shape index (κ3) is 3.92. The Balaban J connectivity index is 2.52. The summed E-state index contributed by atoms with van der Waals surface area (Å²) >= 11 is 0. The molecule has 2 atom stereocenters. The average Bonchev–Trinajstić information content (AvgIpc) is 2.25. The van der Waals surface area contributed by atoms with Crippen molar-refractivity contribution in [2.75, 3.05) is 26.2 Å². The summed E-state index contributed by atoms with van der Waals surface area (Å²) in [5, 5.41) is 20.5. The van der Waals surface area contributed by atoms with Gasteiger partial charge in [0.1, 0.15) is 12.5 Å². The number of hydrogen-bond donors (Lipinski definition) is 2. The summed E-state index contributed by atoms with van der Waals surface area (Å²) in [5.41, 5.74) is -0.240. The van der Waals surface area contributed by atoms with Crippen LogP contribution >= 0.6 is 0 Å². The average molecular weight is 258 g/mol. The molecule has 4 heteroatoms. The molecule has 0 saturated carbocycles. The van der Waals surface area contributed by atoms with E-state index < -0.39 is 12.5 Å². The summed E-state index contributed by atoms with van der Waals surface area (Å²) in [6, 6.07) is 0. The van der Waals surface area contributed by atoms with Gasteiger partial charge in [0.05, 0.1) is 0 Å². The van der Waals surface area contributed by atoms with Crippen LogP contribution in [0.4, 0.5) is 0 Å². The van der Waals surface area contributed by atoms with E-state index in [4.69, 9.17) is 0 Å². The van der Waals surface area contributed by atoms with E-state index in [-0.39, 0.29) is 10.8 Å². The van der Waals surface area contributed by atoms with E-state index >= 15 is 0 Å². The number of piperazine rings is 1. The second kappa shape index (κ2) is 5.45. The van der Waals surface area contributed by atoms with Gasteiger partial charge < -0.3 is 10.2 Å². The summed E-state index contributed by atoms with van der Waals surface area (Å²) in [6.07, 6.45) is -0.821. The molecule has 18 heavy (non-hydrogen) atoms. The lowest BCUT2D eigenvalue weighted by molar-refractivity contribution is -0.127. The highest BCUT2D eigenvalue weighted by molar-refractivity contribution is 4.83. The van der Waals surface area contributed by atoms with Crippen molar-refractivity contribution in [3.63, 3.8) is 0 Å². The van der Waals surface area contributed by atoms with Crippen LogP contribution in [0.1, 0.15) is 41.5 Å². The first-order valence-electron chi connectivity index (χ1n) is 6.88. The Bertz CT molecular complexity index is 232. The smallest absolute Gasteiger partial charge is 0.112 e. The molecule has 2 unspecified atom stereocenters. The zero-order valence-electron chi connectivity index (χ0n) is 12.8. The van der Waals surface area contributed by atoms with E-state index in [2.05, 4.69) is 9.80 Å². The third-order valence-corrected chi connectivity index (χ3v) is 3.59. The van der Waals surface area contributed by atoms with Crippen molar-refractivity contribution in [1.29, 1.82) is 0 Å². The minimum atomic E-state index is -0.411. The quantitative estimate of drug-likeness (QED) is 0.784. The highest BCUT2D eigenvalue weighted by Crippen LogP contribution is 2.26. The molecule has 2 N–H and O–H groups in total. The molecule has 1 aliphatic rings. The number of aliphatic hydroxyl groups excluding tert-OH is 2. The fourth-order valence-corrected chi connectivity index (χ4v) is 2.32. The van der Waals surface area contributed by atoms with Crippen molar-refractivity contribution >= 4 is 0 Å². The molecule has 0 aromatic heterocycles. The molecule has 1 rings (SSSR count). The predicted molar refractivity (Wildman–Crippen MR) is 74.1 cm³/mol. The minimum Gasteiger partial charge on any atom is -0.378 e. The molecule has 108 valence electrons. The van der Waals surface area contributed by atoms with Crippen LogP contribution in [0.15, 0.2) is 0 Å². The Morgan fingerprint density at radius 3 is 1.06 bits per heavy atom. The van der Waals surface area contributed by atoms with Gasteiger partial charge in [0.2, 0.25) is 0 Å². The van der Waals surface area contributed by atoms with Crippen molar-refractivity contribution in [2.24, 2.45) is 10.8 Å². The maximum Gasteiger partial charge on any atom is 0.112 e. The van der Waals surface area contributed by atoms with Crippen LogP contribution in [-0.2, 0) is 0 Å². The lowest BCUT2D eigenvalue weighted by Crippen LogP contribution is -2.57. The maximum atomic E-state index is 10.2. The normalized spacial score (nSPS) is 24.0. The van der Waals surface area contributed by atoms with Crippen molar-refractivity contribution in [2.45, 2.75) is 54.0 Å². The molecule has 0 aliphatic carbocycles. The molecule has 0 spiro atoms. The van der Waals surface area contributed by atoms with E-state index in [9.17, 15) is 10.2 Å². The molecule has 4 nitrogen and oxygen atoms in total. The number of aliphatic hydroxyl groups is 2. The van der Waals surface area contributed by atoms with Crippen LogP contribution in [-0.4, -0.2) is 58.6 Å². The highest BCUT2D eigenvalue weighted by atomic mass is 16.3. The summed E-state index contributed by atoms with van der Waals surface area (Å²) in [5.74, 6) is 0. The van der Waals surface area contributed by atoms with Gasteiger partial charge in [0, 0.05) is 37.0 Å². The first-order chi connectivity index (χ1) is 8.03. The van der Waals surface area contributed by atoms with E-state index in [1.54, 1.807) is 0 Å². The Kier molecular flexibility index (Phi) is 4.81. The lowest BCUT2D eigenvalue weighted by atomic mass is 9.91. The van der Waals surface area contributed by atoms with Gasteiger partial charge >= 0.3 is 0 Å². The Morgan fingerprint density at radius 1 is 0.667 bits per heavy atom. The Hall–Kier alpha value is -0.160. The largest absolute Gasteiger partial charge is 0.378 e. The van der Waals surface area contributed by atoms with Crippen LogP contribution in [0.3, 0.4) is 0 Å². The topological polar surface area (TPSA) is 46.9 Å². The van der Waals surface area contributed by atoms with E-state index in [1.807, 2.05) is 41.5 Å². The van der Waals surface area contributed by atoms with Gasteiger partial charge in [-0.05, 0) is 0 Å². The van der Waals surface area contributed by atoms with Gasteiger partial charge in [0.25, 0.3) is 0 Å². The third-order valence-electron chi connectivity index (χ3n) is 3.59. The van der Waals surface area contributed by atoms with E-state index in [0.717, 1.165) is 26.2 Å². The fourth-order valence-electron chi connectivity index (χ4n) is 2.32. The molecule has 0 aromatic rings. The highest BCUT2D eigenvalue weighted by Gasteiger charge is 2.34. The number of hydrogen-bond acceptors (Lipinski definition) is 4. The van der Waals surface area contributed by atoms with Crippen molar-refractivity contribution in [3.05, 3.63) is 0 Å². The number of rotatable bonds is 2. The molecule has 0 aromatic carbocycles. The molecule has 0 bridgehead atoms. The molecule has 0 radical (unpaired) electrons. The fraction of sp³-hybridized carbons (Fsp3) is 1.00. The van der Waals surface area contributed by atoms with Gasteiger partial charge in [-0.25, -0.2) is 0 Å². The van der Waals surface area contributed by atoms with Crippen LogP contribution in [0.5, 0.6) is 0 Å². The SMILES string of the molecule is CC(C)(C)C(O)N1CCN(C(O)C(C)(C)C)CC1. The van der Waals surface area contributed by atoms with Gasteiger partial charge in [-0.1, -0.05) is 41.5 Å². The Labute approximate surface area is 112 Å². The standard InChI is InChI=1S/C14H30N2O2/c1-13(2,3)11(17)15-7-9-16(10-8-15)12(18)14(4,5)6/h11-12,17-18H,7-10H2,1-6H3. The second-order valence-corrected chi connectivity index (χ2v) is 7.55. The summed E-state index contributed by atoms with van der Waals surface area (Å²) in [7, 11) is 0.